The maximum Gasteiger partial charge on any atom is 0.156 e. The third-order valence-corrected chi connectivity index (χ3v) is 3.32. The van der Waals surface area contributed by atoms with Crippen molar-refractivity contribution >= 4 is 17.3 Å². The van der Waals surface area contributed by atoms with Crippen LogP contribution in [0.3, 0.4) is 0 Å². The van der Waals surface area contributed by atoms with Crippen LogP contribution in [0.2, 0.25) is 5.02 Å². The zero-order chi connectivity index (χ0) is 13.9. The number of hydrogen-bond donors (Lipinski definition) is 1. The molecule has 0 amide bonds. The molecule has 1 aliphatic carbocycles. The Morgan fingerprint density at radius 1 is 1.40 bits per heavy atom. The minimum Gasteiger partial charge on any atom is -0.271 e. The van der Waals surface area contributed by atoms with Crippen LogP contribution in [-0.4, -0.2) is 10.3 Å². The number of aromatic nitrogens is 2. The first-order valence-electron chi connectivity index (χ1n) is 6.08. The number of rotatable bonds is 4. The monoisotopic (exact) mass is 295 g/mol. The summed E-state index contributed by atoms with van der Waals surface area (Å²) < 4.78 is 17.6. The molecule has 2 aromatic rings. The topological polar surface area (TPSA) is 60.2 Å². The van der Waals surface area contributed by atoms with Crippen LogP contribution < -0.4 is 5.48 Å². The number of aryl methyl sites for hydroxylation is 1. The lowest BCUT2D eigenvalue weighted by atomic mass is 10.1. The number of nitrogens with zero attached hydrogens (tertiary/aromatic N) is 2. The summed E-state index contributed by atoms with van der Waals surface area (Å²) in [4.78, 5) is 5.37. The van der Waals surface area contributed by atoms with E-state index < -0.39 is 0 Å². The van der Waals surface area contributed by atoms with Crippen LogP contribution in [0, 0.1) is 5.82 Å². The lowest BCUT2D eigenvalue weighted by molar-refractivity contribution is 0.0639. The van der Waals surface area contributed by atoms with Crippen molar-refractivity contribution in [2.45, 2.75) is 19.4 Å². The van der Waals surface area contributed by atoms with Gasteiger partial charge in [-0.1, -0.05) is 28.9 Å². The minimum atomic E-state index is -0.375. The van der Waals surface area contributed by atoms with Crippen molar-refractivity contribution in [1.82, 2.24) is 15.8 Å². The van der Waals surface area contributed by atoms with Crippen LogP contribution in [0.15, 0.2) is 28.9 Å². The minimum absolute atomic E-state index is 0.205. The molecule has 1 N–H and O–H groups in total. The summed E-state index contributed by atoms with van der Waals surface area (Å²) in [6.07, 6.45) is 3.59. The van der Waals surface area contributed by atoms with Crippen LogP contribution in [0.25, 0.3) is 5.70 Å². The molecule has 0 radical (unpaired) electrons. The van der Waals surface area contributed by atoms with E-state index in [9.17, 15) is 4.39 Å². The van der Waals surface area contributed by atoms with Gasteiger partial charge in [-0.3, -0.25) is 10.3 Å². The van der Waals surface area contributed by atoms with E-state index in [0.29, 0.717) is 22.0 Å². The maximum absolute atomic E-state index is 12.9. The second-order valence-electron chi connectivity index (χ2n) is 4.34. The molecule has 1 aromatic carbocycles. The van der Waals surface area contributed by atoms with E-state index >= 15 is 0 Å². The quantitative estimate of drug-likeness (QED) is 0.879. The molecule has 3 rings (SSSR count). The molecule has 7 heteroatoms. The molecule has 104 valence electrons. The standard InChI is InChI=1S/C13H11ClFN3O2/c14-10-6-9(15)5-4-8(10)7-19-16-11-2-1-3-12-13(11)18-20-17-12/h2,4-6,16H,1,3,7H2. The fraction of sp³-hybridized carbons (Fsp3) is 0.231. The van der Waals surface area contributed by atoms with Crippen LogP contribution >= 0.6 is 11.6 Å². The summed E-state index contributed by atoms with van der Waals surface area (Å²) in [5.74, 6) is -0.375. The molecule has 0 spiro atoms. The SMILES string of the molecule is Fc1ccc(CONC2=CCCc3nonc32)c(Cl)c1. The van der Waals surface area contributed by atoms with Crippen molar-refractivity contribution in [2.24, 2.45) is 0 Å². The maximum atomic E-state index is 12.9. The normalized spacial score (nSPS) is 13.8. The number of allylic oxidation sites excluding steroid dienone is 1. The van der Waals surface area contributed by atoms with Gasteiger partial charge in [0.05, 0.1) is 5.70 Å². The second-order valence-corrected chi connectivity index (χ2v) is 4.75. The molecule has 5 nitrogen and oxygen atoms in total. The fourth-order valence-corrected chi connectivity index (χ4v) is 2.17. The average Bonchev–Trinajstić information content (AvgIpc) is 2.90. The molecular formula is C13H11ClFN3O2. The third-order valence-electron chi connectivity index (χ3n) is 2.97. The summed E-state index contributed by atoms with van der Waals surface area (Å²) in [6.45, 7) is 0.205. The second kappa shape index (κ2) is 5.60. The van der Waals surface area contributed by atoms with Crippen molar-refractivity contribution in [3.05, 3.63) is 52.1 Å². The Hall–Kier alpha value is -1.92. The molecule has 0 aliphatic heterocycles. The van der Waals surface area contributed by atoms with Gasteiger partial charge in [0, 0.05) is 5.02 Å². The van der Waals surface area contributed by atoms with Crippen molar-refractivity contribution in [1.29, 1.82) is 0 Å². The molecule has 0 saturated carbocycles. The first kappa shape index (κ1) is 13.1. The predicted molar refractivity (Wildman–Crippen MR) is 69.9 cm³/mol. The lowest BCUT2D eigenvalue weighted by Crippen LogP contribution is -2.16. The van der Waals surface area contributed by atoms with E-state index in [4.69, 9.17) is 21.1 Å². The van der Waals surface area contributed by atoms with Gasteiger partial charge in [0.2, 0.25) is 0 Å². The van der Waals surface area contributed by atoms with E-state index in [1.807, 2.05) is 6.08 Å². The van der Waals surface area contributed by atoms with Crippen molar-refractivity contribution in [3.63, 3.8) is 0 Å². The van der Waals surface area contributed by atoms with Gasteiger partial charge < -0.3 is 0 Å². The number of hydrogen-bond acceptors (Lipinski definition) is 5. The Balaban J connectivity index is 1.62. The van der Waals surface area contributed by atoms with Crippen LogP contribution in [0.4, 0.5) is 4.39 Å². The molecule has 20 heavy (non-hydrogen) atoms. The summed E-state index contributed by atoms with van der Waals surface area (Å²) >= 11 is 5.91. The van der Waals surface area contributed by atoms with E-state index in [1.165, 1.54) is 12.1 Å². The van der Waals surface area contributed by atoms with E-state index in [2.05, 4.69) is 15.8 Å². The van der Waals surface area contributed by atoms with Crippen molar-refractivity contribution in [2.75, 3.05) is 0 Å². The molecule has 0 fully saturated rings. The Bertz CT molecular complexity index is 657. The van der Waals surface area contributed by atoms with Crippen molar-refractivity contribution < 1.29 is 13.9 Å². The van der Waals surface area contributed by atoms with E-state index in [-0.39, 0.29) is 12.4 Å². The first-order valence-corrected chi connectivity index (χ1v) is 6.45. The van der Waals surface area contributed by atoms with E-state index in [1.54, 1.807) is 6.07 Å². The molecule has 0 unspecified atom stereocenters. The predicted octanol–water partition coefficient (Wildman–Crippen LogP) is 2.87. The van der Waals surface area contributed by atoms with Gasteiger partial charge in [-0.2, -0.15) is 0 Å². The number of hydroxylamine groups is 1. The summed E-state index contributed by atoms with van der Waals surface area (Å²) in [6, 6.07) is 4.17. The number of benzene rings is 1. The summed E-state index contributed by atoms with van der Waals surface area (Å²) in [5.41, 5.74) is 5.66. The Labute approximate surface area is 119 Å². The van der Waals surface area contributed by atoms with Gasteiger partial charge in [0.1, 0.15) is 18.1 Å². The highest BCUT2D eigenvalue weighted by Crippen LogP contribution is 2.22. The van der Waals surface area contributed by atoms with Gasteiger partial charge in [-0.15, -0.1) is 0 Å². The van der Waals surface area contributed by atoms with Gasteiger partial charge >= 0.3 is 0 Å². The summed E-state index contributed by atoms with van der Waals surface area (Å²) in [5, 5.41) is 7.96. The molecule has 1 aromatic heterocycles. The largest absolute Gasteiger partial charge is 0.271 e. The molecule has 1 aliphatic rings. The van der Waals surface area contributed by atoms with Gasteiger partial charge in [0.25, 0.3) is 0 Å². The Morgan fingerprint density at radius 3 is 3.15 bits per heavy atom. The number of halogens is 2. The Morgan fingerprint density at radius 2 is 2.30 bits per heavy atom. The number of fused-ring (bicyclic) bond motifs is 1. The van der Waals surface area contributed by atoms with E-state index in [0.717, 1.165) is 18.5 Å². The van der Waals surface area contributed by atoms with Crippen molar-refractivity contribution in [3.8, 4) is 0 Å². The first-order chi connectivity index (χ1) is 9.74. The van der Waals surface area contributed by atoms with Crippen LogP contribution in [0.1, 0.15) is 23.4 Å². The lowest BCUT2D eigenvalue weighted by Gasteiger charge is -2.13. The highest BCUT2D eigenvalue weighted by Gasteiger charge is 2.18. The zero-order valence-corrected chi connectivity index (χ0v) is 11.2. The number of nitrogens with one attached hydrogen (secondary N) is 1. The molecule has 0 saturated heterocycles. The molecular weight excluding hydrogens is 285 g/mol. The highest BCUT2D eigenvalue weighted by atomic mass is 35.5. The Kier molecular flexibility index (Phi) is 3.66. The fourth-order valence-electron chi connectivity index (χ4n) is 1.95. The van der Waals surface area contributed by atoms with Crippen LogP contribution in [0.5, 0.6) is 0 Å². The average molecular weight is 296 g/mol. The zero-order valence-electron chi connectivity index (χ0n) is 10.4. The summed E-state index contributed by atoms with van der Waals surface area (Å²) in [7, 11) is 0. The molecule has 0 bridgehead atoms. The highest BCUT2D eigenvalue weighted by molar-refractivity contribution is 6.31. The van der Waals surface area contributed by atoms with Crippen LogP contribution in [-0.2, 0) is 17.9 Å². The van der Waals surface area contributed by atoms with Gasteiger partial charge in [-0.25, -0.2) is 9.02 Å². The van der Waals surface area contributed by atoms with Gasteiger partial charge in [-0.05, 0) is 35.7 Å². The smallest absolute Gasteiger partial charge is 0.156 e. The molecule has 1 heterocycles. The van der Waals surface area contributed by atoms with Gasteiger partial charge in [0.15, 0.2) is 5.69 Å². The third kappa shape index (κ3) is 2.66. The molecule has 0 atom stereocenters.